The van der Waals surface area contributed by atoms with Gasteiger partial charge in [0.25, 0.3) is 0 Å². The molecule has 3 heterocycles. The number of hydrogen-bond acceptors (Lipinski definition) is 6. The molecule has 0 saturated carbocycles. The average Bonchev–Trinajstić information content (AvgIpc) is 3.00. The van der Waals surface area contributed by atoms with Gasteiger partial charge in [-0.3, -0.25) is 0 Å². The molecule has 0 atom stereocenters. The Morgan fingerprint density at radius 1 is 1.23 bits per heavy atom. The number of halogens is 1. The Labute approximate surface area is 164 Å². The van der Waals surface area contributed by atoms with Crippen molar-refractivity contribution in [1.29, 1.82) is 0 Å². The number of rotatable bonds is 5. The number of hydrogen-bond donors (Lipinski definition) is 0. The van der Waals surface area contributed by atoms with Gasteiger partial charge in [-0.15, -0.1) is 11.3 Å². The highest BCUT2D eigenvalue weighted by Gasteiger charge is 2.23. The second kappa shape index (κ2) is 8.11. The summed E-state index contributed by atoms with van der Waals surface area (Å²) in [5, 5.41) is 0. The predicted octanol–water partition coefficient (Wildman–Crippen LogP) is 5.04. The number of nitrogens with zero attached hydrogens (tertiary/aromatic N) is 3. The summed E-state index contributed by atoms with van der Waals surface area (Å²) in [6.45, 7) is 10.6. The molecule has 0 spiro atoms. The highest BCUT2D eigenvalue weighted by atomic mass is 35.5. The molecule has 0 N–H and O–H groups in total. The second-order valence-electron chi connectivity index (χ2n) is 7.35. The van der Waals surface area contributed by atoms with Crippen molar-refractivity contribution in [3.63, 3.8) is 0 Å². The highest BCUT2D eigenvalue weighted by molar-refractivity contribution is 7.19. The zero-order valence-electron chi connectivity index (χ0n) is 15.8. The third-order valence-electron chi connectivity index (χ3n) is 4.05. The first-order valence-corrected chi connectivity index (χ1v) is 10.2. The molecule has 2 aromatic rings. The summed E-state index contributed by atoms with van der Waals surface area (Å²) >= 11 is 7.62. The van der Waals surface area contributed by atoms with Crippen LogP contribution in [0.25, 0.3) is 10.6 Å². The topological polar surface area (TPSA) is 47.5 Å². The summed E-state index contributed by atoms with van der Waals surface area (Å²) in [5.41, 5.74) is 0.524. The van der Waals surface area contributed by atoms with Crippen LogP contribution in [0.1, 0.15) is 40.5 Å². The quantitative estimate of drug-likeness (QED) is 0.709. The van der Waals surface area contributed by atoms with Gasteiger partial charge in [-0.2, -0.15) is 4.98 Å². The van der Waals surface area contributed by atoms with E-state index >= 15 is 0 Å². The Hall–Kier alpha value is -1.37. The molecule has 1 aliphatic rings. The van der Waals surface area contributed by atoms with Crippen molar-refractivity contribution < 1.29 is 9.47 Å². The molecule has 1 aliphatic heterocycles. The molecule has 1 saturated heterocycles. The zero-order valence-corrected chi connectivity index (χ0v) is 17.4. The third kappa shape index (κ3) is 5.09. The van der Waals surface area contributed by atoms with Crippen LogP contribution in [0, 0.1) is 0 Å². The molecule has 0 aromatic carbocycles. The van der Waals surface area contributed by atoms with Gasteiger partial charge in [-0.25, -0.2) is 4.98 Å². The fourth-order valence-electron chi connectivity index (χ4n) is 2.96. The number of anilines is 1. The van der Waals surface area contributed by atoms with E-state index in [1.807, 2.05) is 45.9 Å². The molecule has 3 rings (SSSR count). The van der Waals surface area contributed by atoms with Gasteiger partial charge in [0.15, 0.2) is 0 Å². The van der Waals surface area contributed by atoms with Crippen LogP contribution < -0.4 is 9.64 Å². The fourth-order valence-corrected chi connectivity index (χ4v) is 3.96. The van der Waals surface area contributed by atoms with Gasteiger partial charge in [0.2, 0.25) is 11.8 Å². The van der Waals surface area contributed by atoms with Crippen LogP contribution in [0.5, 0.6) is 5.88 Å². The molecule has 0 aliphatic carbocycles. The minimum Gasteiger partial charge on any atom is -0.472 e. The lowest BCUT2D eigenvalue weighted by Crippen LogP contribution is -2.38. The molecular formula is C19H26ClN3O2S. The summed E-state index contributed by atoms with van der Waals surface area (Å²) in [6, 6.07) is 5.77. The predicted molar refractivity (Wildman–Crippen MR) is 108 cm³/mol. The van der Waals surface area contributed by atoms with Gasteiger partial charge in [0, 0.05) is 25.8 Å². The maximum Gasteiger partial charge on any atom is 0.229 e. The lowest BCUT2D eigenvalue weighted by molar-refractivity contribution is 0.0457. The van der Waals surface area contributed by atoms with Crippen molar-refractivity contribution in [3.8, 4) is 16.5 Å². The normalized spacial score (nSPS) is 16.1. The second-order valence-corrected chi connectivity index (χ2v) is 9.07. The van der Waals surface area contributed by atoms with Gasteiger partial charge in [0.1, 0.15) is 5.60 Å². The first kappa shape index (κ1) is 19.4. The molecule has 142 valence electrons. The van der Waals surface area contributed by atoms with E-state index in [1.54, 1.807) is 0 Å². The maximum absolute atomic E-state index is 6.11. The van der Waals surface area contributed by atoms with Crippen LogP contribution in [-0.2, 0) is 4.74 Å². The molecule has 1 fully saturated rings. The Morgan fingerprint density at radius 3 is 2.54 bits per heavy atom. The molecule has 0 bridgehead atoms. The molecule has 7 heteroatoms. The summed E-state index contributed by atoms with van der Waals surface area (Å²) in [7, 11) is 0. The zero-order chi connectivity index (χ0) is 18.7. The van der Waals surface area contributed by atoms with Gasteiger partial charge < -0.3 is 14.4 Å². The standard InChI is InChI=1S/C19H26ClN3O2S/c1-5-24-13-8-10-23(11-9-13)18-21-14(15-6-7-16(20)26-15)12-17(22-18)25-19(2,3)4/h6-7,12-13H,5,8-11H2,1-4H3. The van der Waals surface area contributed by atoms with Gasteiger partial charge in [-0.05, 0) is 52.7 Å². The SMILES string of the molecule is CCOC1CCN(c2nc(OC(C)(C)C)cc(-c3ccc(Cl)s3)n2)CC1. The molecule has 5 nitrogen and oxygen atoms in total. The van der Waals surface area contributed by atoms with Gasteiger partial charge in [-0.1, -0.05) is 11.6 Å². The van der Waals surface area contributed by atoms with Crippen LogP contribution in [-0.4, -0.2) is 41.4 Å². The Balaban J connectivity index is 1.87. The Kier molecular flexibility index (Phi) is 6.05. The number of piperidine rings is 1. The van der Waals surface area contributed by atoms with Crippen LogP contribution in [0.2, 0.25) is 4.34 Å². The molecule has 0 unspecified atom stereocenters. The van der Waals surface area contributed by atoms with Crippen LogP contribution in [0.15, 0.2) is 18.2 Å². The molecular weight excluding hydrogens is 370 g/mol. The van der Waals surface area contributed by atoms with E-state index < -0.39 is 0 Å². The van der Waals surface area contributed by atoms with Crippen LogP contribution >= 0.6 is 22.9 Å². The minimum atomic E-state index is -0.321. The van der Waals surface area contributed by atoms with Crippen molar-refractivity contribution in [3.05, 3.63) is 22.5 Å². The van der Waals surface area contributed by atoms with Gasteiger partial charge >= 0.3 is 0 Å². The highest BCUT2D eigenvalue weighted by Crippen LogP contribution is 2.33. The number of thiophene rings is 1. The molecule has 0 radical (unpaired) electrons. The van der Waals surface area contributed by atoms with E-state index in [-0.39, 0.29) is 5.60 Å². The van der Waals surface area contributed by atoms with Crippen molar-refractivity contribution in [2.24, 2.45) is 0 Å². The summed E-state index contributed by atoms with van der Waals surface area (Å²) in [6.07, 6.45) is 2.31. The lowest BCUT2D eigenvalue weighted by atomic mass is 10.1. The largest absolute Gasteiger partial charge is 0.472 e. The van der Waals surface area contributed by atoms with E-state index in [0.29, 0.717) is 17.9 Å². The van der Waals surface area contributed by atoms with Crippen molar-refractivity contribution in [1.82, 2.24) is 9.97 Å². The van der Waals surface area contributed by atoms with E-state index in [1.165, 1.54) is 11.3 Å². The number of aromatic nitrogens is 2. The van der Waals surface area contributed by atoms with Crippen molar-refractivity contribution >= 4 is 28.9 Å². The summed E-state index contributed by atoms with van der Waals surface area (Å²) < 4.78 is 12.5. The monoisotopic (exact) mass is 395 g/mol. The first-order chi connectivity index (χ1) is 12.3. The van der Waals surface area contributed by atoms with E-state index in [0.717, 1.165) is 47.4 Å². The van der Waals surface area contributed by atoms with Gasteiger partial charge in [0.05, 0.1) is 21.0 Å². The summed E-state index contributed by atoms with van der Waals surface area (Å²) in [5.74, 6) is 1.30. The Bertz CT molecular complexity index is 737. The molecule has 0 amide bonds. The molecule has 26 heavy (non-hydrogen) atoms. The van der Waals surface area contributed by atoms with Crippen molar-refractivity contribution in [2.75, 3.05) is 24.6 Å². The average molecular weight is 396 g/mol. The van der Waals surface area contributed by atoms with E-state index in [9.17, 15) is 0 Å². The third-order valence-corrected chi connectivity index (χ3v) is 5.31. The van der Waals surface area contributed by atoms with Crippen LogP contribution in [0.4, 0.5) is 5.95 Å². The van der Waals surface area contributed by atoms with E-state index in [2.05, 4.69) is 9.88 Å². The first-order valence-electron chi connectivity index (χ1n) is 9.04. The number of ether oxygens (including phenoxy) is 2. The lowest BCUT2D eigenvalue weighted by Gasteiger charge is -2.32. The van der Waals surface area contributed by atoms with E-state index in [4.69, 9.17) is 26.1 Å². The maximum atomic E-state index is 6.11. The van der Waals surface area contributed by atoms with Crippen molar-refractivity contribution in [2.45, 2.75) is 52.2 Å². The smallest absolute Gasteiger partial charge is 0.229 e. The Morgan fingerprint density at radius 2 is 1.96 bits per heavy atom. The fraction of sp³-hybridized carbons (Fsp3) is 0.579. The van der Waals surface area contributed by atoms with Crippen LogP contribution in [0.3, 0.4) is 0 Å². The molecule has 2 aromatic heterocycles. The minimum absolute atomic E-state index is 0.321. The summed E-state index contributed by atoms with van der Waals surface area (Å²) in [4.78, 5) is 12.7.